The van der Waals surface area contributed by atoms with Crippen molar-refractivity contribution in [3.63, 3.8) is 0 Å². The molecule has 80 valence electrons. The number of nitrogens with one attached hydrogen (secondary N) is 1. The van der Waals surface area contributed by atoms with E-state index >= 15 is 0 Å². The van der Waals surface area contributed by atoms with Crippen molar-refractivity contribution in [2.75, 3.05) is 5.75 Å². The molecule has 0 radical (unpaired) electrons. The van der Waals surface area contributed by atoms with Crippen LogP contribution in [0.25, 0.3) is 0 Å². The summed E-state index contributed by atoms with van der Waals surface area (Å²) in [6.07, 6.45) is 4.16. The monoisotopic (exact) mass is 215 g/mol. The summed E-state index contributed by atoms with van der Waals surface area (Å²) in [7, 11) is -2.91. The molecule has 0 bridgehead atoms. The first-order valence-electron chi connectivity index (χ1n) is 5.06. The topological polar surface area (TPSA) is 46.2 Å². The number of rotatable bonds is 2. The van der Waals surface area contributed by atoms with Crippen LogP contribution in [0.5, 0.6) is 0 Å². The Hall–Kier alpha value is -0.350. The molecule has 1 aliphatic heterocycles. The summed E-state index contributed by atoms with van der Waals surface area (Å²) in [5.41, 5.74) is 0.334. The molecular formula is C10H17NO2S. The fourth-order valence-electron chi connectivity index (χ4n) is 2.11. The summed E-state index contributed by atoms with van der Waals surface area (Å²) in [5.74, 6) is 0.236. The molecule has 1 N–H and O–H groups in total. The molecule has 3 nitrogen and oxygen atoms in total. The second kappa shape index (κ2) is 3.07. The zero-order chi connectivity index (χ0) is 10.4. The van der Waals surface area contributed by atoms with Crippen LogP contribution in [-0.4, -0.2) is 26.3 Å². The Labute approximate surface area is 85.5 Å². The Balaban J connectivity index is 1.92. The van der Waals surface area contributed by atoms with Gasteiger partial charge in [-0.05, 0) is 18.3 Å². The lowest BCUT2D eigenvalue weighted by molar-refractivity contribution is 0.105. The van der Waals surface area contributed by atoms with Gasteiger partial charge < -0.3 is 5.32 Å². The predicted octanol–water partition coefficient (Wildman–Crippen LogP) is 1.08. The lowest BCUT2D eigenvalue weighted by Crippen LogP contribution is -2.53. The molecule has 2 rings (SSSR count). The van der Waals surface area contributed by atoms with Crippen molar-refractivity contribution in [1.29, 1.82) is 0 Å². The van der Waals surface area contributed by atoms with Crippen LogP contribution in [0.3, 0.4) is 0 Å². The summed E-state index contributed by atoms with van der Waals surface area (Å²) in [5, 5.41) is 4.72. The van der Waals surface area contributed by atoms with Crippen LogP contribution in [-0.2, 0) is 9.84 Å². The Bertz CT molecular complexity index is 356. The average molecular weight is 215 g/mol. The third-order valence-corrected chi connectivity index (χ3v) is 4.76. The molecule has 2 aliphatic rings. The second-order valence-electron chi connectivity index (χ2n) is 5.01. The second-order valence-corrected chi connectivity index (χ2v) is 6.94. The van der Waals surface area contributed by atoms with Crippen LogP contribution in [0, 0.1) is 5.41 Å². The third-order valence-electron chi connectivity index (χ3n) is 3.37. The maximum Gasteiger partial charge on any atom is 0.173 e. The van der Waals surface area contributed by atoms with Gasteiger partial charge in [-0.25, -0.2) is 8.42 Å². The van der Waals surface area contributed by atoms with E-state index in [1.165, 1.54) is 11.8 Å². The van der Waals surface area contributed by atoms with Gasteiger partial charge in [-0.1, -0.05) is 19.9 Å². The Morgan fingerprint density at radius 2 is 2.14 bits per heavy atom. The highest BCUT2D eigenvalue weighted by Crippen LogP contribution is 2.40. The van der Waals surface area contributed by atoms with E-state index in [1.807, 2.05) is 0 Å². The predicted molar refractivity (Wildman–Crippen MR) is 56.7 cm³/mol. The lowest BCUT2D eigenvalue weighted by Gasteiger charge is -2.46. The molecule has 1 aliphatic carbocycles. The smallest absolute Gasteiger partial charge is 0.173 e. The van der Waals surface area contributed by atoms with E-state index in [9.17, 15) is 8.42 Å². The molecule has 2 unspecified atom stereocenters. The van der Waals surface area contributed by atoms with Gasteiger partial charge in [0, 0.05) is 17.5 Å². The summed E-state index contributed by atoms with van der Waals surface area (Å²) in [6, 6.07) is 0.509. The van der Waals surface area contributed by atoms with Crippen molar-refractivity contribution in [1.82, 2.24) is 5.32 Å². The number of sulfone groups is 1. The molecule has 1 heterocycles. The first-order valence-corrected chi connectivity index (χ1v) is 6.78. The molecule has 0 amide bonds. The van der Waals surface area contributed by atoms with Crippen molar-refractivity contribution in [3.05, 3.63) is 11.5 Å². The SMILES string of the molecule is CC1(C)CCC1NC1C=CS(=O)(=O)C1. The summed E-state index contributed by atoms with van der Waals surface area (Å²) >= 11 is 0. The Morgan fingerprint density at radius 1 is 1.43 bits per heavy atom. The molecule has 1 saturated carbocycles. The molecule has 0 aromatic heterocycles. The van der Waals surface area contributed by atoms with Crippen molar-refractivity contribution in [2.24, 2.45) is 5.41 Å². The minimum Gasteiger partial charge on any atom is -0.306 e. The van der Waals surface area contributed by atoms with Crippen LogP contribution in [0.4, 0.5) is 0 Å². The molecule has 0 spiro atoms. The highest BCUT2D eigenvalue weighted by Gasteiger charge is 2.39. The zero-order valence-electron chi connectivity index (χ0n) is 8.66. The van der Waals surface area contributed by atoms with Gasteiger partial charge in [-0.3, -0.25) is 0 Å². The molecule has 1 fully saturated rings. The van der Waals surface area contributed by atoms with Crippen LogP contribution in [0.2, 0.25) is 0 Å². The lowest BCUT2D eigenvalue weighted by atomic mass is 9.67. The van der Waals surface area contributed by atoms with E-state index in [1.54, 1.807) is 6.08 Å². The Kier molecular flexibility index (Phi) is 2.23. The standard InChI is InChI=1S/C10H17NO2S/c1-10(2)5-3-9(10)11-8-4-6-14(12,13)7-8/h4,6,8-9,11H,3,5,7H2,1-2H3. The molecular weight excluding hydrogens is 198 g/mol. The van der Waals surface area contributed by atoms with Gasteiger partial charge >= 0.3 is 0 Å². The summed E-state index contributed by atoms with van der Waals surface area (Å²) in [6.45, 7) is 4.45. The van der Waals surface area contributed by atoms with Crippen molar-refractivity contribution >= 4 is 9.84 Å². The minimum absolute atomic E-state index is 0.0320. The first kappa shape index (κ1) is 10.2. The minimum atomic E-state index is -2.91. The van der Waals surface area contributed by atoms with Crippen molar-refractivity contribution in [2.45, 2.75) is 38.8 Å². The maximum absolute atomic E-state index is 11.2. The van der Waals surface area contributed by atoms with E-state index in [0.717, 1.165) is 6.42 Å². The largest absolute Gasteiger partial charge is 0.306 e. The van der Waals surface area contributed by atoms with Crippen molar-refractivity contribution < 1.29 is 8.42 Å². The summed E-state index contributed by atoms with van der Waals surface area (Å²) < 4.78 is 22.3. The van der Waals surface area contributed by atoms with Gasteiger partial charge in [-0.2, -0.15) is 0 Å². The molecule has 0 aromatic carbocycles. The molecule has 4 heteroatoms. The van der Waals surface area contributed by atoms with Gasteiger partial charge in [-0.15, -0.1) is 0 Å². The zero-order valence-corrected chi connectivity index (χ0v) is 9.47. The van der Waals surface area contributed by atoms with Crippen LogP contribution in [0.15, 0.2) is 11.5 Å². The molecule has 2 atom stereocenters. The summed E-state index contributed by atoms with van der Waals surface area (Å²) in [4.78, 5) is 0. The quantitative estimate of drug-likeness (QED) is 0.749. The highest BCUT2D eigenvalue weighted by atomic mass is 32.2. The third kappa shape index (κ3) is 1.86. The van der Waals surface area contributed by atoms with Gasteiger partial charge in [0.1, 0.15) is 0 Å². The normalized spacial score (nSPS) is 38.1. The average Bonchev–Trinajstić information content (AvgIpc) is 2.40. The van der Waals surface area contributed by atoms with E-state index in [-0.39, 0.29) is 11.8 Å². The van der Waals surface area contributed by atoms with E-state index in [2.05, 4.69) is 19.2 Å². The van der Waals surface area contributed by atoms with Crippen LogP contribution >= 0.6 is 0 Å². The van der Waals surface area contributed by atoms with Crippen LogP contribution < -0.4 is 5.32 Å². The highest BCUT2D eigenvalue weighted by molar-refractivity contribution is 7.94. The Morgan fingerprint density at radius 3 is 2.50 bits per heavy atom. The van der Waals surface area contributed by atoms with E-state index in [4.69, 9.17) is 0 Å². The van der Waals surface area contributed by atoms with Crippen LogP contribution in [0.1, 0.15) is 26.7 Å². The molecule has 0 saturated heterocycles. The van der Waals surface area contributed by atoms with Gasteiger partial charge in [0.05, 0.1) is 5.75 Å². The fourth-order valence-corrected chi connectivity index (χ4v) is 3.36. The van der Waals surface area contributed by atoms with Gasteiger partial charge in [0.25, 0.3) is 0 Å². The number of hydrogen-bond donors (Lipinski definition) is 1. The first-order chi connectivity index (χ1) is 6.39. The van der Waals surface area contributed by atoms with Gasteiger partial charge in [0.15, 0.2) is 9.84 Å². The van der Waals surface area contributed by atoms with Gasteiger partial charge in [0.2, 0.25) is 0 Å². The maximum atomic E-state index is 11.2. The number of hydrogen-bond acceptors (Lipinski definition) is 3. The molecule has 14 heavy (non-hydrogen) atoms. The molecule has 0 aromatic rings. The van der Waals surface area contributed by atoms with E-state index in [0.29, 0.717) is 11.5 Å². The van der Waals surface area contributed by atoms with Crippen molar-refractivity contribution in [3.8, 4) is 0 Å². The fraction of sp³-hybridized carbons (Fsp3) is 0.800. The van der Waals surface area contributed by atoms with E-state index < -0.39 is 9.84 Å².